The Balaban J connectivity index is 2.29. The van der Waals surface area contributed by atoms with Crippen LogP contribution in [0, 0.1) is 5.92 Å². The van der Waals surface area contributed by atoms with Crippen LogP contribution in [0.5, 0.6) is 0 Å². The fourth-order valence-corrected chi connectivity index (χ4v) is 2.18. The molecule has 1 fully saturated rings. The van der Waals surface area contributed by atoms with Crippen molar-refractivity contribution >= 4 is 0 Å². The Labute approximate surface area is 95.4 Å². The van der Waals surface area contributed by atoms with E-state index in [1.807, 2.05) is 0 Å². The van der Waals surface area contributed by atoms with Crippen molar-refractivity contribution in [3.8, 4) is 0 Å². The lowest BCUT2D eigenvalue weighted by Gasteiger charge is -2.29. The van der Waals surface area contributed by atoms with Crippen molar-refractivity contribution in [3.63, 3.8) is 0 Å². The summed E-state index contributed by atoms with van der Waals surface area (Å²) < 4.78 is 0. The molecule has 0 aromatic heterocycles. The quantitative estimate of drug-likeness (QED) is 0.728. The third kappa shape index (κ3) is 4.98. The van der Waals surface area contributed by atoms with Crippen LogP contribution in [-0.2, 0) is 0 Å². The molecule has 2 nitrogen and oxygen atoms in total. The molecule has 1 unspecified atom stereocenters. The second kappa shape index (κ2) is 6.49. The van der Waals surface area contributed by atoms with Gasteiger partial charge in [0, 0.05) is 18.6 Å². The Morgan fingerprint density at radius 3 is 2.47 bits per heavy atom. The second-order valence-electron chi connectivity index (χ2n) is 5.56. The van der Waals surface area contributed by atoms with Crippen LogP contribution >= 0.6 is 0 Å². The predicted molar refractivity (Wildman–Crippen MR) is 67.2 cm³/mol. The molecular weight excluding hydrogens is 184 g/mol. The zero-order valence-electron chi connectivity index (χ0n) is 10.9. The molecule has 1 saturated heterocycles. The van der Waals surface area contributed by atoms with Gasteiger partial charge in [0.25, 0.3) is 0 Å². The van der Waals surface area contributed by atoms with Gasteiger partial charge in [-0.2, -0.15) is 0 Å². The average molecular weight is 212 g/mol. The second-order valence-corrected chi connectivity index (χ2v) is 5.56. The van der Waals surface area contributed by atoms with Gasteiger partial charge in [0.15, 0.2) is 0 Å². The molecule has 0 aromatic carbocycles. The lowest BCUT2D eigenvalue weighted by Crippen LogP contribution is -2.41. The molecule has 0 amide bonds. The summed E-state index contributed by atoms with van der Waals surface area (Å²) in [6, 6.07) is 1.44. The molecule has 15 heavy (non-hydrogen) atoms. The molecule has 2 heteroatoms. The van der Waals surface area contributed by atoms with E-state index in [-0.39, 0.29) is 0 Å². The molecule has 0 aliphatic carbocycles. The Morgan fingerprint density at radius 2 is 2.00 bits per heavy atom. The summed E-state index contributed by atoms with van der Waals surface area (Å²) in [4.78, 5) is 2.63. The lowest BCUT2D eigenvalue weighted by atomic mass is 10.1. The van der Waals surface area contributed by atoms with E-state index in [1.165, 1.54) is 38.9 Å². The minimum absolute atomic E-state index is 0.686. The van der Waals surface area contributed by atoms with Crippen LogP contribution in [0.2, 0.25) is 0 Å². The average Bonchev–Trinajstić information content (AvgIpc) is 2.63. The van der Waals surface area contributed by atoms with Gasteiger partial charge >= 0.3 is 0 Å². The van der Waals surface area contributed by atoms with E-state index >= 15 is 0 Å². The SMILES string of the molecule is CC(C)CCN(CC1CCCN1)C(C)C. The molecule has 1 aliphatic heterocycles. The van der Waals surface area contributed by atoms with Crippen molar-refractivity contribution < 1.29 is 0 Å². The molecule has 0 spiro atoms. The van der Waals surface area contributed by atoms with Crippen LogP contribution in [-0.4, -0.2) is 36.6 Å². The van der Waals surface area contributed by atoms with Crippen LogP contribution in [0.1, 0.15) is 47.0 Å². The monoisotopic (exact) mass is 212 g/mol. The summed E-state index contributed by atoms with van der Waals surface area (Å²) in [7, 11) is 0. The maximum Gasteiger partial charge on any atom is 0.0195 e. The van der Waals surface area contributed by atoms with Gasteiger partial charge in [0.1, 0.15) is 0 Å². The molecule has 1 aliphatic rings. The van der Waals surface area contributed by atoms with E-state index in [0.29, 0.717) is 6.04 Å². The summed E-state index contributed by atoms with van der Waals surface area (Å²) in [5, 5.41) is 3.59. The van der Waals surface area contributed by atoms with E-state index in [1.54, 1.807) is 0 Å². The first-order valence-corrected chi connectivity index (χ1v) is 6.57. The zero-order chi connectivity index (χ0) is 11.3. The van der Waals surface area contributed by atoms with Crippen LogP contribution in [0.15, 0.2) is 0 Å². The van der Waals surface area contributed by atoms with Crippen molar-refractivity contribution in [2.45, 2.75) is 59.0 Å². The normalized spacial score (nSPS) is 22.2. The first-order valence-electron chi connectivity index (χ1n) is 6.57. The smallest absolute Gasteiger partial charge is 0.0195 e. The summed E-state index contributed by atoms with van der Waals surface area (Å²) in [6.45, 7) is 13.0. The number of rotatable bonds is 6. The van der Waals surface area contributed by atoms with Crippen molar-refractivity contribution in [2.24, 2.45) is 5.92 Å². The third-order valence-corrected chi connectivity index (χ3v) is 3.34. The first kappa shape index (κ1) is 13.0. The fraction of sp³-hybridized carbons (Fsp3) is 1.00. The molecule has 0 aromatic rings. The summed E-state index contributed by atoms with van der Waals surface area (Å²) in [5.41, 5.74) is 0. The Bertz CT molecular complexity index is 160. The van der Waals surface area contributed by atoms with Gasteiger partial charge in [-0.15, -0.1) is 0 Å². The van der Waals surface area contributed by atoms with Crippen molar-refractivity contribution in [3.05, 3.63) is 0 Å². The predicted octanol–water partition coefficient (Wildman–Crippen LogP) is 2.49. The highest BCUT2D eigenvalue weighted by molar-refractivity contribution is 4.79. The van der Waals surface area contributed by atoms with Gasteiger partial charge in [-0.1, -0.05) is 13.8 Å². The highest BCUT2D eigenvalue weighted by Gasteiger charge is 2.19. The fourth-order valence-electron chi connectivity index (χ4n) is 2.18. The molecular formula is C13H28N2. The van der Waals surface area contributed by atoms with Gasteiger partial charge in [-0.05, 0) is 52.1 Å². The lowest BCUT2D eigenvalue weighted by molar-refractivity contribution is 0.192. The Hall–Kier alpha value is -0.0800. The van der Waals surface area contributed by atoms with Gasteiger partial charge in [0.2, 0.25) is 0 Å². The van der Waals surface area contributed by atoms with E-state index in [0.717, 1.165) is 12.0 Å². The van der Waals surface area contributed by atoms with Gasteiger partial charge < -0.3 is 5.32 Å². The number of hydrogen-bond donors (Lipinski definition) is 1. The van der Waals surface area contributed by atoms with E-state index in [2.05, 4.69) is 37.9 Å². The van der Waals surface area contributed by atoms with Gasteiger partial charge in [0.05, 0.1) is 0 Å². The summed E-state index contributed by atoms with van der Waals surface area (Å²) >= 11 is 0. The zero-order valence-corrected chi connectivity index (χ0v) is 10.9. The van der Waals surface area contributed by atoms with Crippen LogP contribution < -0.4 is 5.32 Å². The minimum Gasteiger partial charge on any atom is -0.313 e. The molecule has 1 rings (SSSR count). The maximum atomic E-state index is 3.59. The summed E-state index contributed by atoms with van der Waals surface area (Å²) in [5.74, 6) is 0.822. The molecule has 0 saturated carbocycles. The minimum atomic E-state index is 0.686. The Kier molecular flexibility index (Phi) is 5.62. The van der Waals surface area contributed by atoms with Gasteiger partial charge in [-0.3, -0.25) is 4.90 Å². The van der Waals surface area contributed by atoms with Crippen LogP contribution in [0.25, 0.3) is 0 Å². The third-order valence-electron chi connectivity index (χ3n) is 3.34. The standard InChI is InChI=1S/C13H28N2/c1-11(2)7-9-15(12(3)4)10-13-6-5-8-14-13/h11-14H,5-10H2,1-4H3. The number of hydrogen-bond acceptors (Lipinski definition) is 2. The van der Waals surface area contributed by atoms with Crippen molar-refractivity contribution in [1.82, 2.24) is 10.2 Å². The molecule has 90 valence electrons. The molecule has 1 heterocycles. The highest BCUT2D eigenvalue weighted by Crippen LogP contribution is 2.11. The molecule has 0 bridgehead atoms. The van der Waals surface area contributed by atoms with Crippen molar-refractivity contribution in [1.29, 1.82) is 0 Å². The van der Waals surface area contributed by atoms with Crippen molar-refractivity contribution in [2.75, 3.05) is 19.6 Å². The summed E-state index contributed by atoms with van der Waals surface area (Å²) in [6.07, 6.45) is 4.05. The molecule has 1 N–H and O–H groups in total. The number of nitrogens with one attached hydrogen (secondary N) is 1. The van der Waals surface area contributed by atoms with E-state index in [9.17, 15) is 0 Å². The number of nitrogens with zero attached hydrogens (tertiary/aromatic N) is 1. The van der Waals surface area contributed by atoms with Gasteiger partial charge in [-0.25, -0.2) is 0 Å². The van der Waals surface area contributed by atoms with E-state index < -0.39 is 0 Å². The Morgan fingerprint density at radius 1 is 1.27 bits per heavy atom. The topological polar surface area (TPSA) is 15.3 Å². The van der Waals surface area contributed by atoms with Crippen LogP contribution in [0.4, 0.5) is 0 Å². The first-order chi connectivity index (χ1) is 7.09. The molecule has 0 radical (unpaired) electrons. The van der Waals surface area contributed by atoms with Crippen LogP contribution in [0.3, 0.4) is 0 Å². The largest absolute Gasteiger partial charge is 0.313 e. The highest BCUT2D eigenvalue weighted by atomic mass is 15.2. The van der Waals surface area contributed by atoms with E-state index in [4.69, 9.17) is 0 Å². The molecule has 1 atom stereocenters. The maximum absolute atomic E-state index is 3.59.